The molecule has 1 fully saturated rings. The average Bonchev–Trinajstić information content (AvgIpc) is 2.99. The molecule has 0 aromatic carbocycles. The second-order valence-corrected chi connectivity index (χ2v) is 4.84. The molecular formula is C12H17N3O2. The molecule has 0 aliphatic carbocycles. The van der Waals surface area contributed by atoms with E-state index < -0.39 is 0 Å². The van der Waals surface area contributed by atoms with Crippen molar-refractivity contribution in [3.63, 3.8) is 0 Å². The van der Waals surface area contributed by atoms with Crippen molar-refractivity contribution in [3.05, 3.63) is 18.2 Å². The number of aryl methyl sites for hydroxylation is 1. The largest absolute Gasteiger partial charge is 0.381 e. The Balaban J connectivity index is 1.58. The van der Waals surface area contributed by atoms with Gasteiger partial charge in [0, 0.05) is 37.5 Å². The Morgan fingerprint density at radius 1 is 1.53 bits per heavy atom. The molecule has 5 nitrogen and oxygen atoms in total. The van der Waals surface area contributed by atoms with Gasteiger partial charge in [0.05, 0.1) is 18.9 Å². The van der Waals surface area contributed by atoms with E-state index in [0.29, 0.717) is 6.61 Å². The van der Waals surface area contributed by atoms with Crippen LogP contribution in [-0.4, -0.2) is 34.7 Å². The number of amides is 1. The number of hydrogen-bond donors (Lipinski definition) is 1. The molecule has 1 saturated heterocycles. The van der Waals surface area contributed by atoms with Gasteiger partial charge in [0.1, 0.15) is 0 Å². The van der Waals surface area contributed by atoms with Crippen LogP contribution >= 0.6 is 0 Å². The second-order valence-electron chi connectivity index (χ2n) is 4.84. The SMILES string of the molecule is O=C(NC1CCn2cncc2C1)C1CCOC1. The Bertz CT molecular complexity index is 410. The van der Waals surface area contributed by atoms with Gasteiger partial charge in [-0.05, 0) is 12.8 Å². The van der Waals surface area contributed by atoms with Gasteiger partial charge < -0.3 is 14.6 Å². The summed E-state index contributed by atoms with van der Waals surface area (Å²) in [5, 5.41) is 3.13. The monoisotopic (exact) mass is 235 g/mol. The van der Waals surface area contributed by atoms with Crippen LogP contribution in [0.3, 0.4) is 0 Å². The van der Waals surface area contributed by atoms with Gasteiger partial charge in [-0.15, -0.1) is 0 Å². The van der Waals surface area contributed by atoms with Crippen LogP contribution in [0.1, 0.15) is 18.5 Å². The summed E-state index contributed by atoms with van der Waals surface area (Å²) in [4.78, 5) is 16.1. The van der Waals surface area contributed by atoms with Crippen molar-refractivity contribution in [2.24, 2.45) is 5.92 Å². The quantitative estimate of drug-likeness (QED) is 0.804. The predicted octanol–water partition coefficient (Wildman–Crippen LogP) is 0.351. The molecular weight excluding hydrogens is 218 g/mol. The van der Waals surface area contributed by atoms with E-state index in [9.17, 15) is 4.79 Å². The summed E-state index contributed by atoms with van der Waals surface area (Å²) in [6.45, 7) is 2.24. The van der Waals surface area contributed by atoms with E-state index >= 15 is 0 Å². The number of ether oxygens (including phenoxy) is 1. The Morgan fingerprint density at radius 2 is 2.47 bits per heavy atom. The maximum absolute atomic E-state index is 12.0. The first-order valence-corrected chi connectivity index (χ1v) is 6.20. The van der Waals surface area contributed by atoms with Crippen molar-refractivity contribution in [3.8, 4) is 0 Å². The van der Waals surface area contributed by atoms with Crippen molar-refractivity contribution in [1.82, 2.24) is 14.9 Å². The van der Waals surface area contributed by atoms with E-state index in [1.807, 2.05) is 12.5 Å². The van der Waals surface area contributed by atoms with Gasteiger partial charge in [-0.2, -0.15) is 0 Å². The summed E-state index contributed by atoms with van der Waals surface area (Å²) in [5.74, 6) is 0.210. The third-order valence-electron chi connectivity index (χ3n) is 3.62. The molecule has 0 spiro atoms. The van der Waals surface area contributed by atoms with Crippen LogP contribution in [-0.2, 0) is 22.5 Å². The topological polar surface area (TPSA) is 56.2 Å². The fourth-order valence-electron chi connectivity index (χ4n) is 2.55. The number of nitrogens with one attached hydrogen (secondary N) is 1. The highest BCUT2D eigenvalue weighted by molar-refractivity contribution is 5.79. The lowest BCUT2D eigenvalue weighted by molar-refractivity contribution is -0.125. The molecule has 0 radical (unpaired) electrons. The molecule has 92 valence electrons. The van der Waals surface area contributed by atoms with Gasteiger partial charge in [0.2, 0.25) is 5.91 Å². The van der Waals surface area contributed by atoms with Gasteiger partial charge >= 0.3 is 0 Å². The average molecular weight is 235 g/mol. The van der Waals surface area contributed by atoms with Crippen molar-refractivity contribution in [2.45, 2.75) is 31.8 Å². The maximum atomic E-state index is 12.0. The number of fused-ring (bicyclic) bond motifs is 1. The summed E-state index contributed by atoms with van der Waals surface area (Å²) in [6.07, 6.45) is 6.48. The summed E-state index contributed by atoms with van der Waals surface area (Å²) in [6, 6.07) is 0.257. The van der Waals surface area contributed by atoms with Crippen LogP contribution < -0.4 is 5.32 Å². The fourth-order valence-corrected chi connectivity index (χ4v) is 2.55. The molecule has 1 amide bonds. The molecule has 3 rings (SSSR count). The third kappa shape index (κ3) is 2.20. The van der Waals surface area contributed by atoms with Crippen molar-refractivity contribution in [1.29, 1.82) is 0 Å². The number of carbonyl (C=O) groups excluding carboxylic acids is 1. The first-order valence-electron chi connectivity index (χ1n) is 6.20. The van der Waals surface area contributed by atoms with Gasteiger partial charge in [-0.3, -0.25) is 4.79 Å². The molecule has 1 aromatic heterocycles. The van der Waals surface area contributed by atoms with Gasteiger partial charge in [-0.1, -0.05) is 0 Å². The van der Waals surface area contributed by atoms with Crippen molar-refractivity contribution in [2.75, 3.05) is 13.2 Å². The molecule has 3 heterocycles. The lowest BCUT2D eigenvalue weighted by atomic mass is 10.0. The fraction of sp³-hybridized carbons (Fsp3) is 0.667. The molecule has 2 aliphatic rings. The van der Waals surface area contributed by atoms with Crippen molar-refractivity contribution >= 4 is 5.91 Å². The number of carbonyl (C=O) groups is 1. The van der Waals surface area contributed by atoms with E-state index in [2.05, 4.69) is 14.9 Å². The molecule has 2 aliphatic heterocycles. The Labute approximate surface area is 100 Å². The van der Waals surface area contributed by atoms with E-state index in [1.165, 1.54) is 5.69 Å². The van der Waals surface area contributed by atoms with Crippen LogP contribution in [0.25, 0.3) is 0 Å². The summed E-state index contributed by atoms with van der Waals surface area (Å²) in [7, 11) is 0. The van der Waals surface area contributed by atoms with E-state index in [-0.39, 0.29) is 17.9 Å². The van der Waals surface area contributed by atoms with E-state index in [1.54, 1.807) is 0 Å². The molecule has 1 aromatic rings. The lowest BCUT2D eigenvalue weighted by Gasteiger charge is -2.25. The zero-order chi connectivity index (χ0) is 11.7. The van der Waals surface area contributed by atoms with Crippen molar-refractivity contribution < 1.29 is 9.53 Å². The van der Waals surface area contributed by atoms with Crippen LogP contribution in [0, 0.1) is 5.92 Å². The minimum absolute atomic E-state index is 0.0573. The molecule has 17 heavy (non-hydrogen) atoms. The van der Waals surface area contributed by atoms with Gasteiger partial charge in [-0.25, -0.2) is 4.98 Å². The number of imidazole rings is 1. The first-order chi connectivity index (χ1) is 8.33. The normalized spacial score (nSPS) is 27.8. The number of aromatic nitrogens is 2. The highest BCUT2D eigenvalue weighted by Gasteiger charge is 2.27. The zero-order valence-corrected chi connectivity index (χ0v) is 9.76. The minimum Gasteiger partial charge on any atom is -0.381 e. The number of rotatable bonds is 2. The molecule has 2 unspecified atom stereocenters. The Hall–Kier alpha value is -1.36. The maximum Gasteiger partial charge on any atom is 0.225 e. The second kappa shape index (κ2) is 4.49. The Kier molecular flexibility index (Phi) is 2.84. The third-order valence-corrected chi connectivity index (χ3v) is 3.62. The summed E-state index contributed by atoms with van der Waals surface area (Å²) in [5.41, 5.74) is 1.21. The number of hydrogen-bond acceptors (Lipinski definition) is 3. The lowest BCUT2D eigenvalue weighted by Crippen LogP contribution is -2.42. The minimum atomic E-state index is 0.0573. The first kappa shape index (κ1) is 10.8. The van der Waals surface area contributed by atoms with Gasteiger partial charge in [0.25, 0.3) is 0 Å². The van der Waals surface area contributed by atoms with E-state index in [4.69, 9.17) is 4.74 Å². The highest BCUT2D eigenvalue weighted by Crippen LogP contribution is 2.17. The van der Waals surface area contributed by atoms with Crippen LogP contribution in [0.15, 0.2) is 12.5 Å². The molecule has 0 bridgehead atoms. The Morgan fingerprint density at radius 3 is 3.29 bits per heavy atom. The molecule has 5 heteroatoms. The smallest absolute Gasteiger partial charge is 0.225 e. The summed E-state index contributed by atoms with van der Waals surface area (Å²) >= 11 is 0. The highest BCUT2D eigenvalue weighted by atomic mass is 16.5. The summed E-state index contributed by atoms with van der Waals surface area (Å²) < 4.78 is 7.39. The van der Waals surface area contributed by atoms with Crippen LogP contribution in [0.5, 0.6) is 0 Å². The van der Waals surface area contributed by atoms with E-state index in [0.717, 1.165) is 32.4 Å². The molecule has 0 saturated carbocycles. The van der Waals surface area contributed by atoms with Crippen LogP contribution in [0.4, 0.5) is 0 Å². The van der Waals surface area contributed by atoms with Crippen LogP contribution in [0.2, 0.25) is 0 Å². The standard InChI is InChI=1S/C12H17N3O2/c16-12(9-2-4-17-7-9)14-10-1-3-15-8-13-6-11(15)5-10/h6,8-10H,1-5,7H2,(H,14,16). The van der Waals surface area contributed by atoms with Gasteiger partial charge in [0.15, 0.2) is 0 Å². The molecule has 1 N–H and O–H groups in total. The molecule has 2 atom stereocenters. The predicted molar refractivity (Wildman–Crippen MR) is 61.4 cm³/mol. The number of nitrogens with zero attached hydrogens (tertiary/aromatic N) is 2. The zero-order valence-electron chi connectivity index (χ0n) is 9.76.